The molecule has 0 aromatic carbocycles. The van der Waals surface area contributed by atoms with Crippen LogP contribution in [0.3, 0.4) is 0 Å². The lowest BCUT2D eigenvalue weighted by Gasteiger charge is -2.18. The number of rotatable bonds is 2. The molecule has 0 bridgehead atoms. The lowest BCUT2D eigenvalue weighted by Crippen LogP contribution is -2.24. The molecule has 98 valence electrons. The van der Waals surface area contributed by atoms with Gasteiger partial charge in [-0.15, -0.1) is 0 Å². The monoisotopic (exact) mass is 248 g/mol. The van der Waals surface area contributed by atoms with Gasteiger partial charge in [-0.1, -0.05) is 41.5 Å². The lowest BCUT2D eigenvalue weighted by molar-refractivity contribution is 0.0848. The number of ketones is 2. The molecule has 0 atom stereocenters. The van der Waals surface area contributed by atoms with Gasteiger partial charge in [0, 0.05) is 10.8 Å². The van der Waals surface area contributed by atoms with E-state index in [0.29, 0.717) is 11.4 Å². The molecule has 1 rings (SSSR count). The van der Waals surface area contributed by atoms with Gasteiger partial charge in [0.25, 0.3) is 0 Å². The van der Waals surface area contributed by atoms with Crippen LogP contribution in [0.15, 0.2) is 12.4 Å². The van der Waals surface area contributed by atoms with Crippen LogP contribution in [-0.4, -0.2) is 21.5 Å². The summed E-state index contributed by atoms with van der Waals surface area (Å²) >= 11 is 0. The maximum absolute atomic E-state index is 12.1. The minimum atomic E-state index is -0.517. The van der Waals surface area contributed by atoms with E-state index in [0.717, 1.165) is 0 Å². The van der Waals surface area contributed by atoms with Crippen molar-refractivity contribution in [3.63, 3.8) is 0 Å². The maximum atomic E-state index is 12.1. The Morgan fingerprint density at radius 2 is 1.17 bits per heavy atom. The molecule has 4 heteroatoms. The molecule has 0 aliphatic heterocycles. The first-order valence-electron chi connectivity index (χ1n) is 5.95. The van der Waals surface area contributed by atoms with Crippen LogP contribution in [0.5, 0.6) is 0 Å². The summed E-state index contributed by atoms with van der Waals surface area (Å²) in [5, 5.41) is 0. The van der Waals surface area contributed by atoms with Crippen LogP contribution in [0.25, 0.3) is 0 Å². The van der Waals surface area contributed by atoms with Gasteiger partial charge in [-0.2, -0.15) is 0 Å². The first-order valence-corrected chi connectivity index (χ1v) is 5.95. The summed E-state index contributed by atoms with van der Waals surface area (Å²) in [6.07, 6.45) is 1.28. The number of Topliss-reactive ketones (excluding diaryl/α,β-unsaturated/α-hetero) is 2. The second kappa shape index (κ2) is 4.59. The Morgan fingerprint density at radius 3 is 1.44 bits per heavy atom. The highest BCUT2D eigenvalue weighted by molar-refractivity contribution is 6.02. The van der Waals surface area contributed by atoms with Crippen molar-refractivity contribution in [2.75, 3.05) is 0 Å². The molecule has 0 unspecified atom stereocenters. The molecule has 18 heavy (non-hydrogen) atoms. The fourth-order valence-corrected chi connectivity index (χ4v) is 1.37. The third-order valence-corrected chi connectivity index (χ3v) is 2.49. The smallest absolute Gasteiger partial charge is 0.186 e. The van der Waals surface area contributed by atoms with Crippen molar-refractivity contribution in [3.05, 3.63) is 23.8 Å². The first kappa shape index (κ1) is 14.5. The van der Waals surface area contributed by atoms with Crippen LogP contribution < -0.4 is 0 Å². The summed E-state index contributed by atoms with van der Waals surface area (Å²) in [6.45, 7) is 10.9. The van der Waals surface area contributed by atoms with E-state index in [1.54, 1.807) is 0 Å². The molecule has 0 amide bonds. The van der Waals surface area contributed by atoms with E-state index in [2.05, 4.69) is 9.97 Å². The van der Waals surface area contributed by atoms with Crippen molar-refractivity contribution < 1.29 is 9.59 Å². The van der Waals surface area contributed by atoms with Crippen molar-refractivity contribution in [2.45, 2.75) is 41.5 Å². The van der Waals surface area contributed by atoms with Crippen molar-refractivity contribution in [1.29, 1.82) is 0 Å². The van der Waals surface area contributed by atoms with E-state index >= 15 is 0 Å². The molecule has 0 saturated heterocycles. The zero-order valence-electron chi connectivity index (χ0n) is 11.9. The molecule has 1 aromatic rings. The van der Waals surface area contributed by atoms with Crippen LogP contribution in [0.2, 0.25) is 0 Å². The number of hydrogen-bond donors (Lipinski definition) is 0. The molecule has 0 fully saturated rings. The molecule has 1 aromatic heterocycles. The summed E-state index contributed by atoms with van der Waals surface area (Å²) in [4.78, 5) is 32.1. The van der Waals surface area contributed by atoms with E-state index in [-0.39, 0.29) is 11.6 Å². The molecular formula is C14H20N2O2. The second-order valence-corrected chi connectivity index (χ2v) is 6.45. The van der Waals surface area contributed by atoms with Crippen molar-refractivity contribution >= 4 is 11.6 Å². The van der Waals surface area contributed by atoms with Gasteiger partial charge < -0.3 is 0 Å². The fourth-order valence-electron chi connectivity index (χ4n) is 1.37. The van der Waals surface area contributed by atoms with Gasteiger partial charge in [-0.25, -0.2) is 9.97 Å². The molecule has 0 saturated carbocycles. The third-order valence-electron chi connectivity index (χ3n) is 2.49. The van der Waals surface area contributed by atoms with Crippen LogP contribution in [0.1, 0.15) is 62.5 Å². The molecule has 0 aliphatic carbocycles. The van der Waals surface area contributed by atoms with E-state index in [1.165, 1.54) is 12.4 Å². The standard InChI is InChI=1S/C14H20N2O2/c1-13(2,3)11(17)9-7-10(16-8-15-9)12(18)14(4,5)6/h7-8H,1-6H3. The van der Waals surface area contributed by atoms with Gasteiger partial charge in [0.1, 0.15) is 17.7 Å². The summed E-state index contributed by atoms with van der Waals surface area (Å²) in [5.41, 5.74) is -0.442. The van der Waals surface area contributed by atoms with E-state index in [1.807, 2.05) is 41.5 Å². The van der Waals surface area contributed by atoms with Crippen molar-refractivity contribution in [2.24, 2.45) is 10.8 Å². The number of aromatic nitrogens is 2. The minimum Gasteiger partial charge on any atom is -0.292 e. The van der Waals surface area contributed by atoms with Crippen LogP contribution >= 0.6 is 0 Å². The van der Waals surface area contributed by atoms with E-state index in [9.17, 15) is 9.59 Å². The van der Waals surface area contributed by atoms with E-state index < -0.39 is 10.8 Å². The maximum Gasteiger partial charge on any atom is 0.186 e. The molecule has 0 radical (unpaired) electrons. The van der Waals surface area contributed by atoms with Crippen LogP contribution in [0, 0.1) is 10.8 Å². The average Bonchev–Trinajstić information content (AvgIpc) is 2.24. The molecule has 0 aliphatic rings. The van der Waals surface area contributed by atoms with Gasteiger partial charge in [0.2, 0.25) is 0 Å². The highest BCUT2D eigenvalue weighted by atomic mass is 16.1. The Balaban J connectivity index is 3.16. The largest absolute Gasteiger partial charge is 0.292 e. The lowest BCUT2D eigenvalue weighted by atomic mass is 9.86. The Labute approximate surface area is 108 Å². The highest BCUT2D eigenvalue weighted by Crippen LogP contribution is 2.22. The fraction of sp³-hybridized carbons (Fsp3) is 0.571. The number of nitrogens with zero attached hydrogens (tertiary/aromatic N) is 2. The van der Waals surface area contributed by atoms with Crippen LogP contribution in [-0.2, 0) is 0 Å². The topological polar surface area (TPSA) is 59.9 Å². The number of hydrogen-bond acceptors (Lipinski definition) is 4. The molecule has 4 nitrogen and oxygen atoms in total. The summed E-state index contributed by atoms with van der Waals surface area (Å²) in [5.74, 6) is -0.180. The van der Waals surface area contributed by atoms with Gasteiger partial charge in [0.15, 0.2) is 11.6 Å². The van der Waals surface area contributed by atoms with E-state index in [4.69, 9.17) is 0 Å². The number of carbonyl (C=O) groups is 2. The summed E-state index contributed by atoms with van der Waals surface area (Å²) in [7, 11) is 0. The Morgan fingerprint density at radius 1 is 0.833 bits per heavy atom. The molecule has 0 spiro atoms. The van der Waals surface area contributed by atoms with Crippen molar-refractivity contribution in [1.82, 2.24) is 9.97 Å². The second-order valence-electron chi connectivity index (χ2n) is 6.45. The molecule has 1 heterocycles. The third kappa shape index (κ3) is 3.22. The van der Waals surface area contributed by atoms with Crippen molar-refractivity contribution in [3.8, 4) is 0 Å². The quantitative estimate of drug-likeness (QED) is 0.755. The Kier molecular flexibility index (Phi) is 3.70. The SMILES string of the molecule is CC(C)(C)C(=O)c1cc(C(=O)C(C)(C)C)ncn1. The van der Waals surface area contributed by atoms with Gasteiger partial charge in [0.05, 0.1) is 0 Å². The first-order chi connectivity index (χ1) is 8.03. The molecular weight excluding hydrogens is 228 g/mol. The zero-order chi connectivity index (χ0) is 14.1. The minimum absolute atomic E-state index is 0.0899. The summed E-state index contributed by atoms with van der Waals surface area (Å²) < 4.78 is 0. The zero-order valence-corrected chi connectivity index (χ0v) is 11.9. The highest BCUT2D eigenvalue weighted by Gasteiger charge is 2.28. The predicted octanol–water partition coefficient (Wildman–Crippen LogP) is 2.93. The predicted molar refractivity (Wildman–Crippen MR) is 69.6 cm³/mol. The van der Waals surface area contributed by atoms with Crippen LogP contribution in [0.4, 0.5) is 0 Å². The van der Waals surface area contributed by atoms with Gasteiger partial charge in [-0.05, 0) is 6.07 Å². The normalized spacial score (nSPS) is 12.3. The Bertz CT molecular complexity index is 438. The van der Waals surface area contributed by atoms with Gasteiger partial charge in [-0.3, -0.25) is 9.59 Å². The number of carbonyl (C=O) groups excluding carboxylic acids is 2. The molecule has 0 N–H and O–H groups in total. The Hall–Kier alpha value is -1.58. The van der Waals surface area contributed by atoms with Gasteiger partial charge >= 0.3 is 0 Å². The summed E-state index contributed by atoms with van der Waals surface area (Å²) in [6, 6.07) is 1.49. The average molecular weight is 248 g/mol.